The van der Waals surface area contributed by atoms with Crippen LogP contribution in [0, 0.1) is 5.82 Å². The van der Waals surface area contributed by atoms with Crippen LogP contribution in [0.3, 0.4) is 0 Å². The molecule has 0 bridgehead atoms. The van der Waals surface area contributed by atoms with Gasteiger partial charge in [0.05, 0.1) is 17.5 Å². The third-order valence-corrected chi connectivity index (χ3v) is 4.64. The first-order valence-electron chi connectivity index (χ1n) is 5.56. The SMILES string of the molecule is CC(SC1=NCCS1)C(=O)Nc1ccccc1F. The Bertz CT molecular complexity index is 479. The summed E-state index contributed by atoms with van der Waals surface area (Å²) in [5.41, 5.74) is 0.218. The molecule has 1 aromatic carbocycles. The van der Waals surface area contributed by atoms with Gasteiger partial charge in [-0.1, -0.05) is 35.7 Å². The van der Waals surface area contributed by atoms with Crippen LogP contribution in [-0.4, -0.2) is 27.8 Å². The first-order valence-corrected chi connectivity index (χ1v) is 7.42. The molecule has 1 unspecified atom stereocenters. The van der Waals surface area contributed by atoms with Gasteiger partial charge in [-0.3, -0.25) is 9.79 Å². The number of nitrogens with one attached hydrogen (secondary N) is 1. The van der Waals surface area contributed by atoms with Crippen LogP contribution < -0.4 is 5.32 Å². The minimum atomic E-state index is -0.421. The van der Waals surface area contributed by atoms with E-state index in [1.807, 2.05) is 0 Å². The molecule has 0 aromatic heterocycles. The molecule has 1 heterocycles. The molecule has 0 spiro atoms. The molecule has 96 valence electrons. The van der Waals surface area contributed by atoms with E-state index in [1.54, 1.807) is 36.9 Å². The molecular weight excluding hydrogens is 271 g/mol. The number of carbonyl (C=O) groups excluding carboxylic acids is 1. The van der Waals surface area contributed by atoms with E-state index in [1.165, 1.54) is 17.8 Å². The second kappa shape index (κ2) is 6.24. The first-order chi connectivity index (χ1) is 8.66. The van der Waals surface area contributed by atoms with Crippen molar-refractivity contribution in [3.8, 4) is 0 Å². The fraction of sp³-hybridized carbons (Fsp3) is 0.333. The number of aliphatic imine (C=N–C) groups is 1. The van der Waals surface area contributed by atoms with Crippen molar-refractivity contribution in [2.75, 3.05) is 17.6 Å². The van der Waals surface area contributed by atoms with Crippen molar-refractivity contribution < 1.29 is 9.18 Å². The number of thioether (sulfide) groups is 2. The van der Waals surface area contributed by atoms with Crippen LogP contribution in [0.25, 0.3) is 0 Å². The average molecular weight is 284 g/mol. The molecule has 18 heavy (non-hydrogen) atoms. The number of anilines is 1. The lowest BCUT2D eigenvalue weighted by Gasteiger charge is -2.11. The Morgan fingerprint density at radius 2 is 2.33 bits per heavy atom. The second-order valence-corrected chi connectivity index (χ2v) is 6.40. The largest absolute Gasteiger partial charge is 0.323 e. The maximum absolute atomic E-state index is 13.4. The first kappa shape index (κ1) is 13.4. The summed E-state index contributed by atoms with van der Waals surface area (Å²) in [6.07, 6.45) is 0. The van der Waals surface area contributed by atoms with E-state index in [0.29, 0.717) is 0 Å². The lowest BCUT2D eigenvalue weighted by molar-refractivity contribution is -0.115. The molecule has 1 amide bonds. The lowest BCUT2D eigenvalue weighted by Crippen LogP contribution is -2.23. The highest BCUT2D eigenvalue weighted by atomic mass is 32.2. The number of benzene rings is 1. The van der Waals surface area contributed by atoms with Crippen LogP contribution in [0.1, 0.15) is 6.92 Å². The number of amides is 1. The van der Waals surface area contributed by atoms with Crippen LogP contribution in [0.15, 0.2) is 29.3 Å². The van der Waals surface area contributed by atoms with Crippen molar-refractivity contribution in [3.63, 3.8) is 0 Å². The van der Waals surface area contributed by atoms with Crippen LogP contribution in [0.4, 0.5) is 10.1 Å². The van der Waals surface area contributed by atoms with Gasteiger partial charge in [0.2, 0.25) is 5.91 Å². The van der Waals surface area contributed by atoms with Gasteiger partial charge in [0.1, 0.15) is 10.2 Å². The molecule has 1 N–H and O–H groups in total. The fourth-order valence-electron chi connectivity index (χ4n) is 1.39. The Balaban J connectivity index is 1.93. The summed E-state index contributed by atoms with van der Waals surface area (Å²) >= 11 is 3.08. The number of hydrogen-bond acceptors (Lipinski definition) is 4. The van der Waals surface area contributed by atoms with Gasteiger partial charge >= 0.3 is 0 Å². The van der Waals surface area contributed by atoms with Gasteiger partial charge in [-0.05, 0) is 19.1 Å². The quantitative estimate of drug-likeness (QED) is 0.927. The van der Waals surface area contributed by atoms with Gasteiger partial charge in [-0.15, -0.1) is 0 Å². The highest BCUT2D eigenvalue weighted by Gasteiger charge is 2.19. The smallest absolute Gasteiger partial charge is 0.237 e. The summed E-state index contributed by atoms with van der Waals surface area (Å²) in [7, 11) is 0. The molecule has 1 atom stereocenters. The van der Waals surface area contributed by atoms with Gasteiger partial charge in [-0.25, -0.2) is 4.39 Å². The maximum atomic E-state index is 13.4. The summed E-state index contributed by atoms with van der Waals surface area (Å²) in [5, 5.41) is 2.30. The minimum absolute atomic E-state index is 0.208. The van der Waals surface area contributed by atoms with Crippen LogP contribution in [-0.2, 0) is 4.79 Å². The summed E-state index contributed by atoms with van der Waals surface area (Å²) in [5.74, 6) is 0.347. The van der Waals surface area contributed by atoms with Crippen molar-refractivity contribution in [1.29, 1.82) is 0 Å². The van der Waals surface area contributed by atoms with Gasteiger partial charge in [0.25, 0.3) is 0 Å². The normalized spacial score (nSPS) is 16.2. The zero-order valence-corrected chi connectivity index (χ0v) is 11.5. The molecule has 6 heteroatoms. The number of halogens is 1. The number of hydrogen-bond donors (Lipinski definition) is 1. The van der Waals surface area contributed by atoms with E-state index < -0.39 is 5.82 Å². The van der Waals surface area contributed by atoms with Gasteiger partial charge < -0.3 is 5.32 Å². The van der Waals surface area contributed by atoms with Crippen molar-refractivity contribution >= 4 is 39.5 Å². The Morgan fingerprint density at radius 3 is 3.00 bits per heavy atom. The number of nitrogens with zero attached hydrogens (tertiary/aromatic N) is 1. The van der Waals surface area contributed by atoms with Gasteiger partial charge in [-0.2, -0.15) is 0 Å². The van der Waals surface area contributed by atoms with Crippen molar-refractivity contribution in [3.05, 3.63) is 30.1 Å². The average Bonchev–Trinajstić information content (AvgIpc) is 2.84. The molecule has 1 aliphatic rings. The molecule has 2 rings (SSSR count). The fourth-order valence-corrected chi connectivity index (χ4v) is 3.52. The van der Waals surface area contributed by atoms with E-state index in [9.17, 15) is 9.18 Å². The Morgan fingerprint density at radius 1 is 1.56 bits per heavy atom. The minimum Gasteiger partial charge on any atom is -0.323 e. The molecule has 1 aliphatic heterocycles. The van der Waals surface area contributed by atoms with Crippen LogP contribution in [0.2, 0.25) is 0 Å². The summed E-state index contributed by atoms with van der Waals surface area (Å²) in [4.78, 5) is 16.2. The molecule has 1 aromatic rings. The standard InChI is InChI=1S/C12H13FN2OS2/c1-8(18-12-14-6-7-17-12)11(16)15-10-5-3-2-4-9(10)13/h2-5,8H,6-7H2,1H3,(H,15,16). The van der Waals surface area contributed by atoms with E-state index in [2.05, 4.69) is 10.3 Å². The van der Waals surface area contributed by atoms with Gasteiger partial charge in [0.15, 0.2) is 0 Å². The maximum Gasteiger partial charge on any atom is 0.237 e. The van der Waals surface area contributed by atoms with Crippen LogP contribution >= 0.6 is 23.5 Å². The zero-order valence-electron chi connectivity index (χ0n) is 9.85. The van der Waals surface area contributed by atoms with E-state index in [0.717, 1.165) is 16.7 Å². The molecular formula is C12H13FN2OS2. The topological polar surface area (TPSA) is 41.5 Å². The third kappa shape index (κ3) is 3.49. The molecule has 0 saturated carbocycles. The zero-order chi connectivity index (χ0) is 13.0. The second-order valence-electron chi connectivity index (χ2n) is 3.73. The summed E-state index contributed by atoms with van der Waals surface area (Å²) in [6, 6.07) is 6.15. The third-order valence-electron chi connectivity index (χ3n) is 2.34. The Hall–Kier alpha value is -1.01. The molecule has 0 saturated heterocycles. The molecule has 0 fully saturated rings. The summed E-state index contributed by atoms with van der Waals surface area (Å²) < 4.78 is 14.3. The number of para-hydroxylation sites is 1. The highest BCUT2D eigenvalue weighted by Crippen LogP contribution is 2.26. The predicted octanol–water partition coefficient (Wildman–Crippen LogP) is 2.99. The van der Waals surface area contributed by atoms with Crippen molar-refractivity contribution in [2.45, 2.75) is 12.2 Å². The monoisotopic (exact) mass is 284 g/mol. The molecule has 3 nitrogen and oxygen atoms in total. The van der Waals surface area contributed by atoms with E-state index in [4.69, 9.17) is 0 Å². The number of carbonyl (C=O) groups is 1. The highest BCUT2D eigenvalue weighted by molar-refractivity contribution is 8.39. The summed E-state index contributed by atoms with van der Waals surface area (Å²) in [6.45, 7) is 2.61. The van der Waals surface area contributed by atoms with E-state index in [-0.39, 0.29) is 16.8 Å². The molecule has 0 radical (unpaired) electrons. The van der Waals surface area contributed by atoms with E-state index >= 15 is 0 Å². The number of rotatable bonds is 3. The van der Waals surface area contributed by atoms with Crippen molar-refractivity contribution in [2.24, 2.45) is 4.99 Å². The Labute approximate surface area is 114 Å². The molecule has 0 aliphatic carbocycles. The van der Waals surface area contributed by atoms with Crippen molar-refractivity contribution in [1.82, 2.24) is 0 Å². The van der Waals surface area contributed by atoms with Gasteiger partial charge in [0, 0.05) is 5.75 Å². The predicted molar refractivity (Wildman–Crippen MR) is 76.8 cm³/mol. The van der Waals surface area contributed by atoms with Crippen LogP contribution in [0.5, 0.6) is 0 Å². The lowest BCUT2D eigenvalue weighted by atomic mass is 10.3. The Kier molecular flexibility index (Phi) is 4.66.